The molecule has 0 amide bonds. The Morgan fingerprint density at radius 3 is 2.47 bits per heavy atom. The molecule has 0 saturated carbocycles. The highest BCUT2D eigenvalue weighted by Gasteiger charge is 2.26. The smallest absolute Gasteiger partial charge is 0.391 e. The summed E-state index contributed by atoms with van der Waals surface area (Å²) in [5.74, 6) is -0.393. The van der Waals surface area contributed by atoms with Crippen LogP contribution in [0.1, 0.15) is 33.1 Å². The first-order valence-electron chi connectivity index (χ1n) is 6.45. The second-order valence-corrected chi connectivity index (χ2v) is 4.02. The van der Waals surface area contributed by atoms with E-state index >= 15 is 0 Å². The van der Waals surface area contributed by atoms with Gasteiger partial charge in [-0.3, -0.25) is 4.79 Å². The predicted molar refractivity (Wildman–Crippen MR) is 64.8 cm³/mol. The van der Waals surface area contributed by atoms with E-state index < -0.39 is 24.6 Å². The molecule has 0 aliphatic carbocycles. The molecule has 0 spiro atoms. The van der Waals surface area contributed by atoms with Crippen molar-refractivity contribution >= 4 is 5.97 Å². The maximum absolute atomic E-state index is 11.9. The minimum absolute atomic E-state index is 0.0935. The molecule has 0 aliphatic heterocycles. The molecule has 0 aromatic carbocycles. The maximum atomic E-state index is 11.9. The van der Waals surface area contributed by atoms with Gasteiger partial charge in [-0.15, -0.1) is 0 Å². The molecule has 0 heterocycles. The third-order valence-electron chi connectivity index (χ3n) is 2.29. The van der Waals surface area contributed by atoms with Gasteiger partial charge in [-0.25, -0.2) is 0 Å². The van der Waals surface area contributed by atoms with Crippen LogP contribution in [0.3, 0.4) is 0 Å². The summed E-state index contributed by atoms with van der Waals surface area (Å²) < 4.78 is 45.4. The fourth-order valence-corrected chi connectivity index (χ4v) is 1.36. The van der Waals surface area contributed by atoms with Crippen molar-refractivity contribution in [1.29, 1.82) is 0 Å². The predicted octanol–water partition coefficient (Wildman–Crippen LogP) is 2.28. The summed E-state index contributed by atoms with van der Waals surface area (Å²) >= 11 is 0. The number of nitrogens with one attached hydrogen (secondary N) is 1. The largest absolute Gasteiger partial charge is 0.465 e. The quantitative estimate of drug-likeness (QED) is 0.494. The molecular formula is C12H22F3NO3. The number of carbonyl (C=O) groups is 1. The fraction of sp³-hybridized carbons (Fsp3) is 0.917. The van der Waals surface area contributed by atoms with E-state index in [9.17, 15) is 18.0 Å². The molecular weight excluding hydrogens is 263 g/mol. The first-order chi connectivity index (χ1) is 8.90. The summed E-state index contributed by atoms with van der Waals surface area (Å²) in [4.78, 5) is 11.6. The van der Waals surface area contributed by atoms with E-state index in [-0.39, 0.29) is 19.8 Å². The standard InChI is InChI=1S/C12H22F3NO3/c1-3-7-16-10(11(17)19-4-2)5-8-18-9-6-12(13,14)15/h10,16H,3-9H2,1-2H3. The minimum Gasteiger partial charge on any atom is -0.465 e. The van der Waals surface area contributed by atoms with Crippen LogP contribution in [0.25, 0.3) is 0 Å². The van der Waals surface area contributed by atoms with Crippen molar-refractivity contribution in [1.82, 2.24) is 5.32 Å². The van der Waals surface area contributed by atoms with Crippen LogP contribution in [0, 0.1) is 0 Å². The topological polar surface area (TPSA) is 47.6 Å². The van der Waals surface area contributed by atoms with Gasteiger partial charge in [-0.1, -0.05) is 6.92 Å². The lowest BCUT2D eigenvalue weighted by Gasteiger charge is -2.17. The lowest BCUT2D eigenvalue weighted by molar-refractivity contribution is -0.149. The van der Waals surface area contributed by atoms with Gasteiger partial charge in [-0.2, -0.15) is 13.2 Å². The van der Waals surface area contributed by atoms with Crippen molar-refractivity contribution in [2.45, 2.75) is 45.3 Å². The van der Waals surface area contributed by atoms with E-state index in [2.05, 4.69) is 5.32 Å². The van der Waals surface area contributed by atoms with Crippen LogP contribution in [-0.2, 0) is 14.3 Å². The van der Waals surface area contributed by atoms with Gasteiger partial charge >= 0.3 is 12.1 Å². The molecule has 0 saturated heterocycles. The number of rotatable bonds is 10. The highest BCUT2D eigenvalue weighted by molar-refractivity contribution is 5.75. The van der Waals surface area contributed by atoms with Crippen molar-refractivity contribution in [3.8, 4) is 0 Å². The van der Waals surface area contributed by atoms with E-state index in [0.29, 0.717) is 13.0 Å². The molecule has 7 heteroatoms. The number of ether oxygens (including phenoxy) is 2. The summed E-state index contributed by atoms with van der Waals surface area (Å²) in [5, 5.41) is 2.98. The Labute approximate surface area is 111 Å². The zero-order chi connectivity index (χ0) is 14.7. The van der Waals surface area contributed by atoms with Crippen molar-refractivity contribution in [3.05, 3.63) is 0 Å². The van der Waals surface area contributed by atoms with Gasteiger partial charge in [-0.05, 0) is 26.3 Å². The summed E-state index contributed by atoms with van der Waals surface area (Å²) in [6.07, 6.45) is -4.03. The molecule has 0 fully saturated rings. The van der Waals surface area contributed by atoms with Crippen molar-refractivity contribution in [2.24, 2.45) is 0 Å². The lowest BCUT2D eigenvalue weighted by atomic mass is 10.2. The maximum Gasteiger partial charge on any atom is 0.391 e. The molecule has 0 bridgehead atoms. The summed E-state index contributed by atoms with van der Waals surface area (Å²) in [6.45, 7) is 4.29. The number of alkyl halides is 3. The van der Waals surface area contributed by atoms with E-state index in [0.717, 1.165) is 6.42 Å². The van der Waals surface area contributed by atoms with Crippen LogP contribution in [-0.4, -0.2) is 44.6 Å². The molecule has 4 nitrogen and oxygen atoms in total. The summed E-state index contributed by atoms with van der Waals surface area (Å²) in [5.41, 5.74) is 0. The minimum atomic E-state index is -4.21. The molecule has 0 rings (SSSR count). The summed E-state index contributed by atoms with van der Waals surface area (Å²) in [6, 6.07) is -0.522. The number of hydrogen-bond donors (Lipinski definition) is 1. The van der Waals surface area contributed by atoms with Gasteiger partial charge in [0.2, 0.25) is 0 Å². The van der Waals surface area contributed by atoms with Crippen LogP contribution in [0.15, 0.2) is 0 Å². The second kappa shape index (κ2) is 10.0. The van der Waals surface area contributed by atoms with E-state index in [1.807, 2.05) is 6.92 Å². The Hall–Kier alpha value is -0.820. The van der Waals surface area contributed by atoms with E-state index in [1.54, 1.807) is 6.92 Å². The van der Waals surface area contributed by atoms with Gasteiger partial charge in [0.1, 0.15) is 6.04 Å². The SMILES string of the molecule is CCCNC(CCOCCC(F)(F)F)C(=O)OCC. The van der Waals surface area contributed by atoms with Gasteiger partial charge in [0.25, 0.3) is 0 Å². The van der Waals surface area contributed by atoms with Crippen LogP contribution in [0.4, 0.5) is 13.2 Å². The van der Waals surface area contributed by atoms with Crippen LogP contribution in [0.2, 0.25) is 0 Å². The number of halogens is 3. The number of hydrogen-bond acceptors (Lipinski definition) is 4. The Morgan fingerprint density at radius 2 is 1.95 bits per heavy atom. The van der Waals surface area contributed by atoms with Crippen LogP contribution >= 0.6 is 0 Å². The number of esters is 1. The van der Waals surface area contributed by atoms with E-state index in [4.69, 9.17) is 9.47 Å². The third kappa shape index (κ3) is 10.8. The third-order valence-corrected chi connectivity index (χ3v) is 2.29. The van der Waals surface area contributed by atoms with Crippen molar-refractivity contribution in [3.63, 3.8) is 0 Å². The zero-order valence-corrected chi connectivity index (χ0v) is 11.4. The second-order valence-electron chi connectivity index (χ2n) is 4.02. The first-order valence-corrected chi connectivity index (χ1v) is 6.45. The van der Waals surface area contributed by atoms with Gasteiger partial charge < -0.3 is 14.8 Å². The highest BCUT2D eigenvalue weighted by Crippen LogP contribution is 2.18. The summed E-state index contributed by atoms with van der Waals surface area (Å²) in [7, 11) is 0. The Bertz CT molecular complexity index is 247. The number of carbonyl (C=O) groups excluding carboxylic acids is 1. The molecule has 0 aliphatic rings. The fourth-order valence-electron chi connectivity index (χ4n) is 1.36. The Balaban J connectivity index is 3.88. The molecule has 114 valence electrons. The normalized spacial score (nSPS) is 13.3. The van der Waals surface area contributed by atoms with Crippen LogP contribution in [0.5, 0.6) is 0 Å². The average molecular weight is 285 g/mol. The first kappa shape index (κ1) is 18.2. The average Bonchev–Trinajstić information content (AvgIpc) is 2.31. The van der Waals surface area contributed by atoms with Gasteiger partial charge in [0.05, 0.1) is 19.6 Å². The van der Waals surface area contributed by atoms with E-state index in [1.165, 1.54) is 0 Å². The molecule has 19 heavy (non-hydrogen) atoms. The zero-order valence-electron chi connectivity index (χ0n) is 11.4. The molecule has 1 unspecified atom stereocenters. The lowest BCUT2D eigenvalue weighted by Crippen LogP contribution is -2.39. The van der Waals surface area contributed by atoms with Gasteiger partial charge in [0, 0.05) is 6.61 Å². The Morgan fingerprint density at radius 1 is 1.26 bits per heavy atom. The van der Waals surface area contributed by atoms with Crippen molar-refractivity contribution in [2.75, 3.05) is 26.4 Å². The molecule has 0 aromatic rings. The van der Waals surface area contributed by atoms with Crippen molar-refractivity contribution < 1.29 is 27.4 Å². The molecule has 1 atom stereocenters. The van der Waals surface area contributed by atoms with Gasteiger partial charge in [0.15, 0.2) is 0 Å². The molecule has 1 N–H and O–H groups in total. The molecule has 0 radical (unpaired) electrons. The highest BCUT2D eigenvalue weighted by atomic mass is 19.4. The molecule has 0 aromatic heterocycles. The van der Waals surface area contributed by atoms with Crippen LogP contribution < -0.4 is 5.32 Å². The monoisotopic (exact) mass is 285 g/mol. The Kier molecular flexibility index (Phi) is 9.59.